The van der Waals surface area contributed by atoms with Crippen molar-refractivity contribution in [2.45, 2.75) is 12.8 Å². The molecule has 1 atom stereocenters. The quantitative estimate of drug-likeness (QED) is 0.844. The van der Waals surface area contributed by atoms with Crippen LogP contribution in [-0.2, 0) is 4.79 Å². The lowest BCUT2D eigenvalue weighted by Crippen LogP contribution is -2.39. The van der Waals surface area contributed by atoms with Crippen LogP contribution >= 0.6 is 0 Å². The lowest BCUT2D eigenvalue weighted by atomic mass is 10.1. The molecule has 27 heavy (non-hydrogen) atoms. The van der Waals surface area contributed by atoms with Gasteiger partial charge in [0.2, 0.25) is 12.3 Å². The molecule has 3 rings (SSSR count). The molecule has 2 amide bonds. The maximum absolute atomic E-state index is 12.7. The minimum atomic E-state index is -2.42. The van der Waals surface area contributed by atoms with E-state index < -0.39 is 18.3 Å². The van der Waals surface area contributed by atoms with Gasteiger partial charge in [-0.15, -0.1) is 0 Å². The maximum atomic E-state index is 12.7. The third-order valence-corrected chi connectivity index (χ3v) is 4.43. The minimum Gasteiger partial charge on any atom is -0.457 e. The first-order valence-electron chi connectivity index (χ1n) is 8.70. The second-order valence-corrected chi connectivity index (χ2v) is 6.35. The zero-order valence-corrected chi connectivity index (χ0v) is 14.6. The molecule has 0 radical (unpaired) electrons. The molecule has 1 heterocycles. The number of carbonyl (C=O) groups is 2. The Kier molecular flexibility index (Phi) is 6.01. The number of rotatable bonds is 6. The molecule has 1 unspecified atom stereocenters. The van der Waals surface area contributed by atoms with Crippen molar-refractivity contribution < 1.29 is 23.1 Å². The van der Waals surface area contributed by atoms with Crippen molar-refractivity contribution in [2.24, 2.45) is 5.92 Å². The molecule has 1 saturated heterocycles. The average molecular weight is 374 g/mol. The number of hydrogen-bond acceptors (Lipinski definition) is 3. The summed E-state index contributed by atoms with van der Waals surface area (Å²) < 4.78 is 31.0. The van der Waals surface area contributed by atoms with Gasteiger partial charge in [-0.25, -0.2) is 8.78 Å². The molecule has 1 fully saturated rings. The van der Waals surface area contributed by atoms with Crippen molar-refractivity contribution in [3.05, 3.63) is 60.2 Å². The van der Waals surface area contributed by atoms with Gasteiger partial charge in [0.25, 0.3) is 5.91 Å². The normalized spacial score (nSPS) is 16.4. The van der Waals surface area contributed by atoms with Gasteiger partial charge in [-0.1, -0.05) is 18.2 Å². The highest BCUT2D eigenvalue weighted by atomic mass is 19.3. The summed E-state index contributed by atoms with van der Waals surface area (Å²) in [5.41, 5.74) is 0.384. The Labute approximate surface area is 155 Å². The Bertz CT molecular complexity index is 782. The van der Waals surface area contributed by atoms with Gasteiger partial charge in [0.1, 0.15) is 11.5 Å². The summed E-state index contributed by atoms with van der Waals surface area (Å²) in [5.74, 6) is -0.256. The summed E-state index contributed by atoms with van der Waals surface area (Å²) in [7, 11) is 0. The Hall–Kier alpha value is -2.96. The van der Waals surface area contributed by atoms with Crippen LogP contribution in [0.4, 0.5) is 8.78 Å². The van der Waals surface area contributed by atoms with Crippen LogP contribution < -0.4 is 10.1 Å². The van der Waals surface area contributed by atoms with Gasteiger partial charge in [-0.05, 0) is 42.8 Å². The Morgan fingerprint density at radius 1 is 1.07 bits per heavy atom. The monoisotopic (exact) mass is 374 g/mol. The molecule has 0 aromatic heterocycles. The molecule has 2 aromatic carbocycles. The summed E-state index contributed by atoms with van der Waals surface area (Å²) in [4.78, 5) is 25.6. The second-order valence-electron chi connectivity index (χ2n) is 6.35. The van der Waals surface area contributed by atoms with Crippen LogP contribution in [-0.4, -0.2) is 42.8 Å². The van der Waals surface area contributed by atoms with E-state index in [1.54, 1.807) is 24.3 Å². The predicted octanol–water partition coefficient (Wildman–Crippen LogP) is 3.32. The number of carbonyl (C=O) groups excluding carboxylic acids is 2. The van der Waals surface area contributed by atoms with E-state index >= 15 is 0 Å². The fraction of sp³-hybridized carbons (Fsp3) is 0.300. The van der Waals surface area contributed by atoms with Gasteiger partial charge in [0, 0.05) is 24.6 Å². The highest BCUT2D eigenvalue weighted by Crippen LogP contribution is 2.23. The van der Waals surface area contributed by atoms with Crippen LogP contribution in [0, 0.1) is 5.92 Å². The van der Waals surface area contributed by atoms with Gasteiger partial charge in [0.05, 0.1) is 6.54 Å². The number of ether oxygens (including phenoxy) is 1. The fourth-order valence-electron chi connectivity index (χ4n) is 2.89. The van der Waals surface area contributed by atoms with Gasteiger partial charge in [0.15, 0.2) is 0 Å². The van der Waals surface area contributed by atoms with Crippen molar-refractivity contribution in [3.8, 4) is 11.5 Å². The van der Waals surface area contributed by atoms with Crippen molar-refractivity contribution in [1.29, 1.82) is 0 Å². The lowest BCUT2D eigenvalue weighted by molar-refractivity contribution is -0.129. The molecular formula is C20H20F2N2O3. The van der Waals surface area contributed by atoms with Crippen molar-refractivity contribution >= 4 is 11.8 Å². The van der Waals surface area contributed by atoms with Crippen LogP contribution in [0.5, 0.6) is 11.5 Å². The van der Waals surface area contributed by atoms with E-state index in [1.165, 1.54) is 4.90 Å². The number of hydrogen-bond donors (Lipinski definition) is 1. The highest BCUT2D eigenvalue weighted by Gasteiger charge is 2.31. The second kappa shape index (κ2) is 8.62. The molecule has 2 aromatic rings. The van der Waals surface area contributed by atoms with E-state index in [0.717, 1.165) is 0 Å². The summed E-state index contributed by atoms with van der Waals surface area (Å²) in [5, 5.41) is 2.53. The van der Waals surface area contributed by atoms with Gasteiger partial charge < -0.3 is 15.0 Å². The number of amides is 2. The van der Waals surface area contributed by atoms with Crippen LogP contribution in [0.2, 0.25) is 0 Å². The molecular weight excluding hydrogens is 354 g/mol. The third-order valence-electron chi connectivity index (χ3n) is 4.43. The Morgan fingerprint density at radius 2 is 1.74 bits per heavy atom. The molecule has 7 heteroatoms. The van der Waals surface area contributed by atoms with Gasteiger partial charge in [-0.2, -0.15) is 0 Å². The number of halogens is 2. The fourth-order valence-corrected chi connectivity index (χ4v) is 2.89. The number of alkyl halides is 2. The lowest BCUT2D eigenvalue weighted by Gasteiger charge is -2.16. The van der Waals surface area contributed by atoms with Crippen molar-refractivity contribution in [2.75, 3.05) is 19.6 Å². The first kappa shape index (κ1) is 18.8. The van der Waals surface area contributed by atoms with E-state index in [9.17, 15) is 18.4 Å². The summed E-state index contributed by atoms with van der Waals surface area (Å²) in [6.07, 6.45) is -2.13. The molecule has 1 aliphatic rings. The summed E-state index contributed by atoms with van der Waals surface area (Å²) in [6, 6.07) is 15.8. The zero-order valence-electron chi connectivity index (χ0n) is 14.6. The van der Waals surface area contributed by atoms with Crippen LogP contribution in [0.3, 0.4) is 0 Å². The smallest absolute Gasteiger partial charge is 0.251 e. The first-order chi connectivity index (χ1) is 13.0. The molecule has 1 N–H and O–H groups in total. The number of nitrogens with zero attached hydrogens (tertiary/aromatic N) is 1. The molecule has 0 bridgehead atoms. The number of benzene rings is 2. The number of para-hydroxylation sites is 1. The number of nitrogens with one attached hydrogen (secondary N) is 1. The Balaban J connectivity index is 1.49. The van der Waals surface area contributed by atoms with E-state index in [4.69, 9.17) is 4.74 Å². The molecule has 0 saturated carbocycles. The van der Waals surface area contributed by atoms with Crippen LogP contribution in [0.1, 0.15) is 16.8 Å². The molecule has 0 spiro atoms. The topological polar surface area (TPSA) is 58.6 Å². The maximum Gasteiger partial charge on any atom is 0.251 e. The van der Waals surface area contributed by atoms with Gasteiger partial charge >= 0.3 is 0 Å². The average Bonchev–Trinajstić information content (AvgIpc) is 3.18. The Morgan fingerprint density at radius 3 is 2.37 bits per heavy atom. The van der Waals surface area contributed by atoms with Crippen molar-refractivity contribution in [1.82, 2.24) is 10.2 Å². The van der Waals surface area contributed by atoms with Crippen LogP contribution in [0.25, 0.3) is 0 Å². The molecule has 1 aliphatic heterocycles. The largest absolute Gasteiger partial charge is 0.457 e. The van der Waals surface area contributed by atoms with Crippen molar-refractivity contribution in [3.63, 3.8) is 0 Å². The minimum absolute atomic E-state index is 0.0396. The van der Waals surface area contributed by atoms with E-state index in [-0.39, 0.29) is 19.0 Å². The van der Waals surface area contributed by atoms with Crippen LogP contribution in [0.15, 0.2) is 54.6 Å². The van der Waals surface area contributed by atoms with E-state index in [2.05, 4.69) is 5.32 Å². The standard InChI is InChI=1S/C20H20F2N2O3/c21-19(22)15-10-11-24(13-15)18(25)12-23-20(26)14-6-8-17(9-7-14)27-16-4-2-1-3-5-16/h1-9,15,19H,10-13H2,(H,23,26). The molecule has 0 aliphatic carbocycles. The number of likely N-dealkylation sites (tertiary alicyclic amines) is 1. The predicted molar refractivity (Wildman–Crippen MR) is 96.0 cm³/mol. The SMILES string of the molecule is O=C(NCC(=O)N1CCC(C(F)F)C1)c1ccc(Oc2ccccc2)cc1. The first-order valence-corrected chi connectivity index (χ1v) is 8.70. The molecule has 5 nitrogen and oxygen atoms in total. The van der Waals surface area contributed by atoms with Gasteiger partial charge in [-0.3, -0.25) is 9.59 Å². The summed E-state index contributed by atoms with van der Waals surface area (Å²) in [6.45, 7) is 0.129. The summed E-state index contributed by atoms with van der Waals surface area (Å²) >= 11 is 0. The van der Waals surface area contributed by atoms with E-state index in [0.29, 0.717) is 30.0 Å². The molecule has 142 valence electrons. The zero-order chi connectivity index (χ0) is 19.2. The third kappa shape index (κ3) is 5.03. The van der Waals surface area contributed by atoms with E-state index in [1.807, 2.05) is 30.3 Å². The highest BCUT2D eigenvalue weighted by molar-refractivity contribution is 5.96.